The van der Waals surface area contributed by atoms with Crippen LogP contribution in [0.5, 0.6) is 0 Å². The summed E-state index contributed by atoms with van der Waals surface area (Å²) in [5, 5.41) is 0. The lowest BCUT2D eigenvalue weighted by molar-refractivity contribution is 0.0110. The second-order valence-corrected chi connectivity index (χ2v) is 6.81. The van der Waals surface area contributed by atoms with Crippen molar-refractivity contribution in [1.29, 1.82) is 0 Å². The molecule has 0 bridgehead atoms. The molecule has 2 rings (SSSR count). The van der Waals surface area contributed by atoms with E-state index in [1.54, 1.807) is 43.9 Å². The van der Waals surface area contributed by atoms with Gasteiger partial charge in [0.1, 0.15) is 5.60 Å². The molecule has 0 aliphatic carbocycles. The molecule has 1 aliphatic heterocycles. The molecule has 0 aromatic heterocycles. The molecule has 122 valence electrons. The molecule has 1 aliphatic rings. The van der Waals surface area contributed by atoms with Crippen molar-refractivity contribution in [2.24, 2.45) is 0 Å². The topological polar surface area (TPSA) is 29.5 Å². The second-order valence-electron chi connectivity index (χ2n) is 6.81. The fraction of sp³-hybridized carbons (Fsp3) is 0.588. The van der Waals surface area contributed by atoms with Crippen LogP contribution in [0.15, 0.2) is 24.3 Å². The highest BCUT2D eigenvalue weighted by Gasteiger charge is 2.37. The van der Waals surface area contributed by atoms with Crippen molar-refractivity contribution >= 4 is 6.09 Å². The highest BCUT2D eigenvalue weighted by molar-refractivity contribution is 5.69. The van der Waals surface area contributed by atoms with Gasteiger partial charge in [-0.3, -0.25) is 0 Å². The zero-order valence-corrected chi connectivity index (χ0v) is 13.5. The Morgan fingerprint density at radius 2 is 1.86 bits per heavy atom. The van der Waals surface area contributed by atoms with E-state index in [4.69, 9.17) is 4.74 Å². The summed E-state index contributed by atoms with van der Waals surface area (Å²) in [6, 6.07) is 6.09. The SMILES string of the molecule is CC(C)(C)OC(=O)N1CCCC1c1ccccc1C(C)(F)F. The van der Waals surface area contributed by atoms with Gasteiger partial charge in [-0.2, -0.15) is 0 Å². The van der Waals surface area contributed by atoms with Gasteiger partial charge in [0.05, 0.1) is 6.04 Å². The van der Waals surface area contributed by atoms with Crippen molar-refractivity contribution in [3.05, 3.63) is 35.4 Å². The van der Waals surface area contributed by atoms with E-state index in [0.29, 0.717) is 18.5 Å². The number of ether oxygens (including phenoxy) is 1. The molecule has 1 aromatic carbocycles. The summed E-state index contributed by atoms with van der Waals surface area (Å²) in [5.41, 5.74) is -0.104. The Hall–Kier alpha value is -1.65. The van der Waals surface area contributed by atoms with Crippen molar-refractivity contribution in [1.82, 2.24) is 4.90 Å². The molecule has 0 saturated carbocycles. The molecule has 0 N–H and O–H groups in total. The molecule has 22 heavy (non-hydrogen) atoms. The minimum absolute atomic E-state index is 0.0181. The molecule has 1 atom stereocenters. The van der Waals surface area contributed by atoms with Crippen LogP contribution in [-0.2, 0) is 10.7 Å². The number of halogens is 2. The Kier molecular flexibility index (Phi) is 4.45. The minimum Gasteiger partial charge on any atom is -0.444 e. The number of hydrogen-bond acceptors (Lipinski definition) is 2. The molecule has 1 fully saturated rings. The normalized spacial score (nSPS) is 19.4. The maximum absolute atomic E-state index is 13.8. The Labute approximate surface area is 130 Å². The first kappa shape index (κ1) is 16.7. The van der Waals surface area contributed by atoms with Crippen LogP contribution in [0.1, 0.15) is 57.7 Å². The van der Waals surface area contributed by atoms with Gasteiger partial charge < -0.3 is 9.64 Å². The van der Waals surface area contributed by atoms with Gasteiger partial charge in [0.15, 0.2) is 0 Å². The van der Waals surface area contributed by atoms with Crippen LogP contribution in [0, 0.1) is 0 Å². The Morgan fingerprint density at radius 3 is 2.45 bits per heavy atom. The maximum Gasteiger partial charge on any atom is 0.410 e. The first-order valence-corrected chi connectivity index (χ1v) is 7.56. The number of rotatable bonds is 2. The number of benzene rings is 1. The third-order valence-corrected chi connectivity index (χ3v) is 3.67. The van der Waals surface area contributed by atoms with E-state index >= 15 is 0 Å². The van der Waals surface area contributed by atoms with Crippen LogP contribution in [0.4, 0.5) is 13.6 Å². The molecule has 5 heteroatoms. The van der Waals surface area contributed by atoms with E-state index in [1.165, 1.54) is 6.07 Å². The van der Waals surface area contributed by atoms with Crippen LogP contribution in [0.2, 0.25) is 0 Å². The summed E-state index contributed by atoms with van der Waals surface area (Å²) in [6.07, 6.45) is 1.02. The summed E-state index contributed by atoms with van der Waals surface area (Å²) in [6.45, 7) is 6.81. The van der Waals surface area contributed by atoms with Gasteiger partial charge in [-0.05, 0) is 39.2 Å². The number of carbonyl (C=O) groups excluding carboxylic acids is 1. The third-order valence-electron chi connectivity index (χ3n) is 3.67. The molecule has 1 aromatic rings. The van der Waals surface area contributed by atoms with Crippen molar-refractivity contribution in [2.45, 2.75) is 58.1 Å². The van der Waals surface area contributed by atoms with Crippen molar-refractivity contribution in [3.63, 3.8) is 0 Å². The molecule has 1 heterocycles. The van der Waals surface area contributed by atoms with Crippen LogP contribution < -0.4 is 0 Å². The predicted octanol–water partition coefficient (Wildman–Crippen LogP) is 4.87. The van der Waals surface area contributed by atoms with E-state index in [1.807, 2.05) is 0 Å². The standard InChI is InChI=1S/C17H23F2NO2/c1-16(2,3)22-15(21)20-11-7-10-14(20)12-8-5-6-9-13(12)17(4,18)19/h5-6,8-9,14H,7,10-11H2,1-4H3. The molecular weight excluding hydrogens is 288 g/mol. The highest BCUT2D eigenvalue weighted by atomic mass is 19.3. The van der Waals surface area contributed by atoms with Crippen molar-refractivity contribution < 1.29 is 18.3 Å². The first-order chi connectivity index (χ1) is 10.1. The minimum atomic E-state index is -2.93. The Morgan fingerprint density at radius 1 is 1.23 bits per heavy atom. The van der Waals surface area contributed by atoms with E-state index in [-0.39, 0.29) is 11.6 Å². The molecule has 3 nitrogen and oxygen atoms in total. The van der Waals surface area contributed by atoms with Crippen LogP contribution in [0.3, 0.4) is 0 Å². The van der Waals surface area contributed by atoms with Crippen molar-refractivity contribution in [3.8, 4) is 0 Å². The zero-order chi connectivity index (χ0) is 16.5. The van der Waals surface area contributed by atoms with E-state index in [0.717, 1.165) is 13.3 Å². The lowest BCUT2D eigenvalue weighted by Gasteiger charge is -2.30. The average molecular weight is 311 g/mol. The van der Waals surface area contributed by atoms with Gasteiger partial charge in [-0.25, -0.2) is 13.6 Å². The van der Waals surface area contributed by atoms with Gasteiger partial charge in [0, 0.05) is 19.0 Å². The Bertz CT molecular complexity index is 546. The van der Waals surface area contributed by atoms with Gasteiger partial charge in [-0.1, -0.05) is 24.3 Å². The number of amides is 1. The van der Waals surface area contributed by atoms with E-state index in [9.17, 15) is 13.6 Å². The van der Waals surface area contributed by atoms with E-state index < -0.39 is 17.6 Å². The summed E-state index contributed by atoms with van der Waals surface area (Å²) < 4.78 is 33.1. The fourth-order valence-corrected chi connectivity index (χ4v) is 2.82. The number of nitrogens with zero attached hydrogens (tertiary/aromatic N) is 1. The van der Waals surface area contributed by atoms with Crippen LogP contribution in [-0.4, -0.2) is 23.1 Å². The molecule has 0 radical (unpaired) electrons. The molecule has 0 spiro atoms. The highest BCUT2D eigenvalue weighted by Crippen LogP contribution is 2.39. The number of likely N-dealkylation sites (tertiary alicyclic amines) is 1. The first-order valence-electron chi connectivity index (χ1n) is 7.56. The summed E-state index contributed by atoms with van der Waals surface area (Å²) in [4.78, 5) is 13.9. The number of alkyl halides is 2. The fourth-order valence-electron chi connectivity index (χ4n) is 2.82. The van der Waals surface area contributed by atoms with Crippen LogP contribution >= 0.6 is 0 Å². The van der Waals surface area contributed by atoms with Gasteiger partial charge >= 0.3 is 6.09 Å². The maximum atomic E-state index is 13.8. The Balaban J connectivity index is 2.30. The summed E-state index contributed by atoms with van der Waals surface area (Å²) in [7, 11) is 0. The van der Waals surface area contributed by atoms with E-state index in [2.05, 4.69) is 0 Å². The third kappa shape index (κ3) is 3.76. The average Bonchev–Trinajstić information content (AvgIpc) is 2.84. The molecular formula is C17H23F2NO2. The van der Waals surface area contributed by atoms with Gasteiger partial charge in [0.25, 0.3) is 5.92 Å². The lowest BCUT2D eigenvalue weighted by Crippen LogP contribution is -2.37. The molecule has 1 unspecified atom stereocenters. The summed E-state index contributed by atoms with van der Waals surface area (Å²) in [5.74, 6) is -2.93. The smallest absolute Gasteiger partial charge is 0.410 e. The zero-order valence-electron chi connectivity index (χ0n) is 13.5. The quantitative estimate of drug-likeness (QED) is 0.780. The van der Waals surface area contributed by atoms with Gasteiger partial charge in [-0.15, -0.1) is 0 Å². The predicted molar refractivity (Wildman–Crippen MR) is 80.9 cm³/mol. The van der Waals surface area contributed by atoms with Gasteiger partial charge in [0.2, 0.25) is 0 Å². The monoisotopic (exact) mass is 311 g/mol. The molecule has 1 amide bonds. The summed E-state index contributed by atoms with van der Waals surface area (Å²) >= 11 is 0. The second kappa shape index (κ2) is 5.86. The molecule has 1 saturated heterocycles. The number of carbonyl (C=O) groups is 1. The van der Waals surface area contributed by atoms with Crippen molar-refractivity contribution in [2.75, 3.05) is 6.54 Å². The number of hydrogen-bond donors (Lipinski definition) is 0. The largest absolute Gasteiger partial charge is 0.444 e. The lowest BCUT2D eigenvalue weighted by atomic mass is 9.95. The van der Waals surface area contributed by atoms with Crippen LogP contribution in [0.25, 0.3) is 0 Å².